The fraction of sp³-hybridized carbons (Fsp3) is 0.867. The standard InChI is InChI=1S/C15H22O4/c1-14(2)6-5-10(16)15-9(14)4-3-8-7-18-12(11(8)15)19-13(15)17/h3,9-13,16-17H,4-7H2,1-2H3/t9-,10-,11?,12+,13+,15?/m0/s1. The van der Waals surface area contributed by atoms with Crippen LogP contribution >= 0.6 is 0 Å². The summed E-state index contributed by atoms with van der Waals surface area (Å²) in [6.07, 6.45) is 3.12. The van der Waals surface area contributed by atoms with Crippen LogP contribution in [0.4, 0.5) is 0 Å². The number of ether oxygens (including phenoxy) is 2. The first-order chi connectivity index (χ1) is 8.98. The topological polar surface area (TPSA) is 58.9 Å². The van der Waals surface area contributed by atoms with E-state index in [2.05, 4.69) is 19.9 Å². The molecule has 2 heterocycles. The molecule has 19 heavy (non-hydrogen) atoms. The SMILES string of the molecule is CC1(C)CC[C@H](O)C23C4C(=CC[C@@H]12)CO[C@@H]4O[C@H]3O. The van der Waals surface area contributed by atoms with Gasteiger partial charge in [0.15, 0.2) is 12.6 Å². The van der Waals surface area contributed by atoms with Crippen LogP contribution in [-0.2, 0) is 9.47 Å². The lowest BCUT2D eigenvalue weighted by atomic mass is 9.47. The molecule has 2 aliphatic carbocycles. The minimum Gasteiger partial charge on any atom is -0.392 e. The van der Waals surface area contributed by atoms with Crippen molar-refractivity contribution in [3.63, 3.8) is 0 Å². The maximum atomic E-state index is 10.7. The van der Waals surface area contributed by atoms with Crippen LogP contribution in [0.3, 0.4) is 0 Å². The fourth-order valence-electron chi connectivity index (χ4n) is 5.19. The van der Waals surface area contributed by atoms with Crippen LogP contribution < -0.4 is 0 Å². The van der Waals surface area contributed by atoms with Gasteiger partial charge in [0.2, 0.25) is 0 Å². The normalized spacial score (nSPS) is 54.5. The van der Waals surface area contributed by atoms with Gasteiger partial charge in [-0.3, -0.25) is 0 Å². The summed E-state index contributed by atoms with van der Waals surface area (Å²) < 4.78 is 11.3. The van der Waals surface area contributed by atoms with E-state index in [4.69, 9.17) is 9.47 Å². The summed E-state index contributed by atoms with van der Waals surface area (Å²) >= 11 is 0. The Morgan fingerprint density at radius 3 is 2.89 bits per heavy atom. The van der Waals surface area contributed by atoms with Crippen molar-refractivity contribution >= 4 is 0 Å². The van der Waals surface area contributed by atoms with Gasteiger partial charge in [-0.1, -0.05) is 19.9 Å². The van der Waals surface area contributed by atoms with Crippen molar-refractivity contribution < 1.29 is 19.7 Å². The third kappa shape index (κ3) is 1.29. The molecule has 0 bridgehead atoms. The van der Waals surface area contributed by atoms with E-state index >= 15 is 0 Å². The molecule has 2 saturated heterocycles. The first-order valence-electron chi connectivity index (χ1n) is 7.30. The van der Waals surface area contributed by atoms with Gasteiger partial charge in [-0.05, 0) is 36.2 Å². The molecule has 1 spiro atoms. The molecule has 106 valence electrons. The van der Waals surface area contributed by atoms with Crippen LogP contribution in [0.5, 0.6) is 0 Å². The van der Waals surface area contributed by atoms with Crippen molar-refractivity contribution in [1.82, 2.24) is 0 Å². The van der Waals surface area contributed by atoms with Gasteiger partial charge in [0, 0.05) is 5.92 Å². The highest BCUT2D eigenvalue weighted by atomic mass is 16.7. The molecule has 3 fully saturated rings. The Bertz CT molecular complexity index is 437. The van der Waals surface area contributed by atoms with Crippen LogP contribution in [0.25, 0.3) is 0 Å². The van der Waals surface area contributed by atoms with Crippen LogP contribution in [0, 0.1) is 22.7 Å². The van der Waals surface area contributed by atoms with Crippen molar-refractivity contribution in [3.8, 4) is 0 Å². The summed E-state index contributed by atoms with van der Waals surface area (Å²) in [7, 11) is 0. The largest absolute Gasteiger partial charge is 0.392 e. The van der Waals surface area contributed by atoms with Crippen molar-refractivity contribution in [2.75, 3.05) is 6.61 Å². The third-order valence-corrected chi connectivity index (χ3v) is 6.12. The lowest BCUT2D eigenvalue weighted by molar-refractivity contribution is -0.238. The van der Waals surface area contributed by atoms with Crippen molar-refractivity contribution in [2.24, 2.45) is 22.7 Å². The molecule has 4 nitrogen and oxygen atoms in total. The molecule has 0 aromatic carbocycles. The zero-order chi connectivity index (χ0) is 13.4. The first kappa shape index (κ1) is 12.3. The van der Waals surface area contributed by atoms with Gasteiger partial charge in [-0.25, -0.2) is 0 Å². The summed E-state index contributed by atoms with van der Waals surface area (Å²) in [6, 6.07) is 0. The Hall–Kier alpha value is -0.420. The minimum absolute atomic E-state index is 0.0378. The maximum absolute atomic E-state index is 10.7. The first-order valence-corrected chi connectivity index (χ1v) is 7.30. The van der Waals surface area contributed by atoms with Gasteiger partial charge in [-0.2, -0.15) is 0 Å². The van der Waals surface area contributed by atoms with Gasteiger partial charge in [0.1, 0.15) is 0 Å². The third-order valence-electron chi connectivity index (χ3n) is 6.12. The Labute approximate surface area is 113 Å². The lowest BCUT2D eigenvalue weighted by Crippen LogP contribution is -2.60. The second-order valence-electron chi connectivity index (χ2n) is 7.26. The molecule has 2 unspecified atom stereocenters. The molecule has 0 amide bonds. The number of rotatable bonds is 0. The van der Waals surface area contributed by atoms with Crippen LogP contribution in [0.1, 0.15) is 33.1 Å². The molecule has 0 aromatic rings. The highest BCUT2D eigenvalue weighted by molar-refractivity contribution is 5.28. The number of hydrogen-bond acceptors (Lipinski definition) is 4. The van der Waals surface area contributed by atoms with Crippen molar-refractivity contribution in [3.05, 3.63) is 11.6 Å². The monoisotopic (exact) mass is 266 g/mol. The molecule has 4 aliphatic rings. The van der Waals surface area contributed by atoms with Gasteiger partial charge in [-0.15, -0.1) is 0 Å². The van der Waals surface area contributed by atoms with Crippen molar-refractivity contribution in [2.45, 2.75) is 51.8 Å². The van der Waals surface area contributed by atoms with E-state index in [1.807, 2.05) is 0 Å². The predicted octanol–water partition coefficient (Wildman–Crippen LogP) is 1.42. The maximum Gasteiger partial charge on any atom is 0.168 e. The Balaban J connectivity index is 1.90. The number of aliphatic hydroxyl groups excluding tert-OH is 2. The molecule has 2 aliphatic heterocycles. The molecule has 4 rings (SSSR count). The highest BCUT2D eigenvalue weighted by Crippen LogP contribution is 2.66. The zero-order valence-corrected chi connectivity index (χ0v) is 11.5. The quantitative estimate of drug-likeness (QED) is 0.651. The van der Waals surface area contributed by atoms with Crippen molar-refractivity contribution in [1.29, 1.82) is 0 Å². The fourth-order valence-corrected chi connectivity index (χ4v) is 5.19. The van der Waals surface area contributed by atoms with Gasteiger partial charge < -0.3 is 19.7 Å². The number of hydrogen-bond donors (Lipinski definition) is 2. The molecular weight excluding hydrogens is 244 g/mol. The molecule has 6 atom stereocenters. The average molecular weight is 266 g/mol. The van der Waals surface area contributed by atoms with Crippen LogP contribution in [0.15, 0.2) is 11.6 Å². The van der Waals surface area contributed by atoms with Gasteiger partial charge in [0.05, 0.1) is 18.1 Å². The lowest BCUT2D eigenvalue weighted by Gasteiger charge is -2.57. The van der Waals surface area contributed by atoms with E-state index in [1.54, 1.807) is 0 Å². The Morgan fingerprint density at radius 1 is 1.32 bits per heavy atom. The van der Waals surface area contributed by atoms with Gasteiger partial charge >= 0.3 is 0 Å². The van der Waals surface area contributed by atoms with E-state index in [0.717, 1.165) is 19.3 Å². The van der Waals surface area contributed by atoms with Crippen LogP contribution in [0.2, 0.25) is 0 Å². The molecular formula is C15H22O4. The highest BCUT2D eigenvalue weighted by Gasteiger charge is 2.70. The van der Waals surface area contributed by atoms with Crippen LogP contribution in [-0.4, -0.2) is 35.5 Å². The summed E-state index contributed by atoms with van der Waals surface area (Å²) in [5, 5.41) is 21.3. The molecule has 4 heteroatoms. The molecule has 1 saturated carbocycles. The molecule has 0 radical (unpaired) electrons. The van der Waals surface area contributed by atoms with E-state index < -0.39 is 17.8 Å². The second kappa shape index (κ2) is 3.61. The zero-order valence-electron chi connectivity index (χ0n) is 11.5. The minimum atomic E-state index is -0.911. The smallest absolute Gasteiger partial charge is 0.168 e. The van der Waals surface area contributed by atoms with E-state index in [1.165, 1.54) is 5.57 Å². The predicted molar refractivity (Wildman–Crippen MR) is 68.0 cm³/mol. The van der Waals surface area contributed by atoms with Gasteiger partial charge in [0.25, 0.3) is 0 Å². The Kier molecular flexibility index (Phi) is 2.34. The Morgan fingerprint density at radius 2 is 2.11 bits per heavy atom. The van der Waals surface area contributed by atoms with E-state index in [9.17, 15) is 10.2 Å². The van der Waals surface area contributed by atoms with E-state index in [-0.39, 0.29) is 23.5 Å². The summed E-state index contributed by atoms with van der Waals surface area (Å²) in [4.78, 5) is 0. The molecule has 0 aromatic heterocycles. The average Bonchev–Trinajstić information content (AvgIpc) is 2.89. The number of allylic oxidation sites excluding steroid dienone is 1. The number of aliphatic hydroxyl groups is 2. The summed E-state index contributed by atoms with van der Waals surface area (Å²) in [5.41, 5.74) is 0.769. The second-order valence-corrected chi connectivity index (χ2v) is 7.26. The summed E-state index contributed by atoms with van der Waals surface area (Å²) in [5.74, 6) is 0.287. The molecule has 2 N–H and O–H groups in total. The van der Waals surface area contributed by atoms with E-state index in [0.29, 0.717) is 6.61 Å². The summed E-state index contributed by atoms with van der Waals surface area (Å²) in [6.45, 7) is 5.09.